The summed E-state index contributed by atoms with van der Waals surface area (Å²) < 4.78 is 0. The highest BCUT2D eigenvalue weighted by atomic mass is 35.5. The van der Waals surface area contributed by atoms with Gasteiger partial charge in [0.2, 0.25) is 0 Å². The van der Waals surface area contributed by atoms with Crippen LogP contribution in [0.4, 0.5) is 5.69 Å². The Balaban J connectivity index is 3.08. The minimum Gasteiger partial charge on any atom is -0.478 e. The van der Waals surface area contributed by atoms with Crippen molar-refractivity contribution in [3.05, 3.63) is 34.9 Å². The van der Waals surface area contributed by atoms with E-state index < -0.39 is 5.97 Å². The number of aliphatic carboxylic acids is 1. The molecule has 0 aromatic heterocycles. The SMILES string of the molecule is CCCCCN(c1ccc(Cl)cc1/C=C/C(=O)O)C(C)C. The van der Waals surface area contributed by atoms with E-state index in [4.69, 9.17) is 16.7 Å². The number of hydrogen-bond acceptors (Lipinski definition) is 2. The fourth-order valence-corrected chi connectivity index (χ4v) is 2.45. The average molecular weight is 310 g/mol. The van der Waals surface area contributed by atoms with Gasteiger partial charge in [0.15, 0.2) is 0 Å². The van der Waals surface area contributed by atoms with Crippen molar-refractivity contribution in [3.63, 3.8) is 0 Å². The van der Waals surface area contributed by atoms with Crippen molar-refractivity contribution in [3.8, 4) is 0 Å². The number of rotatable bonds is 8. The van der Waals surface area contributed by atoms with Gasteiger partial charge < -0.3 is 10.0 Å². The van der Waals surface area contributed by atoms with Crippen LogP contribution in [0.2, 0.25) is 5.02 Å². The fraction of sp³-hybridized carbons (Fsp3) is 0.471. The zero-order valence-electron chi connectivity index (χ0n) is 13.0. The molecule has 0 unspecified atom stereocenters. The predicted molar refractivity (Wildman–Crippen MR) is 90.1 cm³/mol. The molecule has 0 aliphatic rings. The number of unbranched alkanes of at least 4 members (excludes halogenated alkanes) is 2. The number of hydrogen-bond donors (Lipinski definition) is 1. The summed E-state index contributed by atoms with van der Waals surface area (Å²) in [5.74, 6) is -0.956. The van der Waals surface area contributed by atoms with Crippen molar-refractivity contribution in [2.45, 2.75) is 46.1 Å². The lowest BCUT2D eigenvalue weighted by molar-refractivity contribution is -0.131. The molecule has 0 atom stereocenters. The van der Waals surface area contributed by atoms with Crippen LogP contribution in [0, 0.1) is 0 Å². The van der Waals surface area contributed by atoms with Crippen molar-refractivity contribution in [2.24, 2.45) is 0 Å². The van der Waals surface area contributed by atoms with Gasteiger partial charge in [-0.05, 0) is 50.1 Å². The molecule has 1 rings (SSSR count). The molecule has 3 nitrogen and oxygen atoms in total. The van der Waals surface area contributed by atoms with E-state index >= 15 is 0 Å². The van der Waals surface area contributed by atoms with Crippen LogP contribution in [0.15, 0.2) is 24.3 Å². The second-order valence-corrected chi connectivity index (χ2v) is 5.81. The van der Waals surface area contributed by atoms with Gasteiger partial charge in [-0.25, -0.2) is 4.79 Å². The Kier molecular flexibility index (Phi) is 7.30. The lowest BCUT2D eigenvalue weighted by Crippen LogP contribution is -2.32. The predicted octanol–water partition coefficient (Wildman–Crippen LogP) is 4.84. The Hall–Kier alpha value is -1.48. The van der Waals surface area contributed by atoms with Gasteiger partial charge in [0.25, 0.3) is 0 Å². The first-order valence-corrected chi connectivity index (χ1v) is 7.80. The Labute approximate surface area is 132 Å². The number of halogens is 1. The van der Waals surface area contributed by atoms with E-state index in [1.807, 2.05) is 18.2 Å². The quantitative estimate of drug-likeness (QED) is 0.551. The van der Waals surface area contributed by atoms with Gasteiger partial charge in [0, 0.05) is 29.4 Å². The maximum atomic E-state index is 10.8. The summed E-state index contributed by atoms with van der Waals surface area (Å²) in [6.07, 6.45) is 6.26. The molecule has 21 heavy (non-hydrogen) atoms. The van der Waals surface area contributed by atoms with E-state index in [-0.39, 0.29) is 0 Å². The molecule has 4 heteroatoms. The number of nitrogens with zero attached hydrogens (tertiary/aromatic N) is 1. The van der Waals surface area contributed by atoms with E-state index in [0.717, 1.165) is 30.3 Å². The van der Waals surface area contributed by atoms with Crippen LogP contribution in [-0.2, 0) is 4.79 Å². The largest absolute Gasteiger partial charge is 0.478 e. The average Bonchev–Trinajstić information content (AvgIpc) is 2.42. The van der Waals surface area contributed by atoms with E-state index in [1.54, 1.807) is 6.08 Å². The van der Waals surface area contributed by atoms with Crippen LogP contribution in [0.25, 0.3) is 6.08 Å². The Morgan fingerprint density at radius 1 is 1.38 bits per heavy atom. The van der Waals surface area contributed by atoms with Crippen molar-refractivity contribution in [2.75, 3.05) is 11.4 Å². The topological polar surface area (TPSA) is 40.5 Å². The highest BCUT2D eigenvalue weighted by molar-refractivity contribution is 6.30. The third-order valence-electron chi connectivity index (χ3n) is 3.33. The summed E-state index contributed by atoms with van der Waals surface area (Å²) in [7, 11) is 0. The van der Waals surface area contributed by atoms with Crippen LogP contribution < -0.4 is 4.90 Å². The third-order valence-corrected chi connectivity index (χ3v) is 3.57. The molecule has 0 bridgehead atoms. The Bertz CT molecular complexity index is 498. The summed E-state index contributed by atoms with van der Waals surface area (Å²) in [6, 6.07) is 5.98. The fourth-order valence-electron chi connectivity index (χ4n) is 2.27. The van der Waals surface area contributed by atoms with Crippen molar-refractivity contribution in [1.82, 2.24) is 0 Å². The monoisotopic (exact) mass is 309 g/mol. The smallest absolute Gasteiger partial charge is 0.328 e. The minimum absolute atomic E-state index is 0.347. The van der Waals surface area contributed by atoms with Crippen LogP contribution in [-0.4, -0.2) is 23.7 Å². The molecule has 0 aliphatic carbocycles. The van der Waals surface area contributed by atoms with Gasteiger partial charge in [-0.15, -0.1) is 0 Å². The first-order valence-electron chi connectivity index (χ1n) is 7.43. The minimum atomic E-state index is -0.956. The maximum absolute atomic E-state index is 10.8. The molecule has 1 aromatic rings. The number of benzene rings is 1. The van der Waals surface area contributed by atoms with Gasteiger partial charge in [-0.1, -0.05) is 31.4 Å². The van der Waals surface area contributed by atoms with Crippen molar-refractivity contribution < 1.29 is 9.90 Å². The highest BCUT2D eigenvalue weighted by Crippen LogP contribution is 2.27. The molecule has 0 heterocycles. The van der Waals surface area contributed by atoms with Gasteiger partial charge >= 0.3 is 5.97 Å². The molecule has 116 valence electrons. The second kappa shape index (κ2) is 8.73. The standard InChI is InChI=1S/C17H24ClNO2/c1-4-5-6-11-19(13(2)3)16-9-8-15(18)12-14(16)7-10-17(20)21/h7-10,12-13H,4-6,11H2,1-3H3,(H,20,21)/b10-7+. The molecular formula is C17H24ClNO2. The van der Waals surface area contributed by atoms with Crippen LogP contribution in [0.1, 0.15) is 45.6 Å². The maximum Gasteiger partial charge on any atom is 0.328 e. The molecule has 1 aromatic carbocycles. The van der Waals surface area contributed by atoms with Crippen molar-refractivity contribution in [1.29, 1.82) is 0 Å². The van der Waals surface area contributed by atoms with Gasteiger partial charge in [-0.2, -0.15) is 0 Å². The van der Waals surface area contributed by atoms with Gasteiger partial charge in [-0.3, -0.25) is 0 Å². The van der Waals surface area contributed by atoms with E-state index in [2.05, 4.69) is 25.7 Å². The first kappa shape index (κ1) is 17.6. The Morgan fingerprint density at radius 2 is 2.10 bits per heavy atom. The van der Waals surface area contributed by atoms with E-state index in [1.165, 1.54) is 12.8 Å². The molecule has 0 amide bonds. The molecule has 1 N–H and O–H groups in total. The number of anilines is 1. The number of carbonyl (C=O) groups is 1. The molecule has 0 aliphatic heterocycles. The normalized spacial score (nSPS) is 11.3. The van der Waals surface area contributed by atoms with E-state index in [0.29, 0.717) is 11.1 Å². The molecule has 0 radical (unpaired) electrons. The second-order valence-electron chi connectivity index (χ2n) is 5.37. The molecule has 0 saturated carbocycles. The van der Waals surface area contributed by atoms with Gasteiger partial charge in [0.1, 0.15) is 0 Å². The zero-order valence-corrected chi connectivity index (χ0v) is 13.7. The number of carboxylic acids is 1. The summed E-state index contributed by atoms with van der Waals surface area (Å²) in [5.41, 5.74) is 1.87. The molecule has 0 spiro atoms. The van der Waals surface area contributed by atoms with Crippen LogP contribution in [0.3, 0.4) is 0 Å². The van der Waals surface area contributed by atoms with Crippen LogP contribution >= 0.6 is 11.6 Å². The molecule has 0 saturated heterocycles. The summed E-state index contributed by atoms with van der Waals surface area (Å²) in [4.78, 5) is 13.0. The summed E-state index contributed by atoms with van der Waals surface area (Å²) >= 11 is 6.04. The third kappa shape index (κ3) is 5.80. The lowest BCUT2D eigenvalue weighted by Gasteiger charge is -2.30. The highest BCUT2D eigenvalue weighted by Gasteiger charge is 2.13. The first-order chi connectivity index (χ1) is 9.95. The van der Waals surface area contributed by atoms with E-state index in [9.17, 15) is 4.79 Å². The van der Waals surface area contributed by atoms with Crippen LogP contribution in [0.5, 0.6) is 0 Å². The zero-order chi connectivity index (χ0) is 15.8. The van der Waals surface area contributed by atoms with Crippen molar-refractivity contribution >= 4 is 29.3 Å². The Morgan fingerprint density at radius 3 is 2.67 bits per heavy atom. The molecular weight excluding hydrogens is 286 g/mol. The summed E-state index contributed by atoms with van der Waals surface area (Å²) in [6.45, 7) is 7.43. The number of carboxylic acid groups (broad SMARTS) is 1. The lowest BCUT2D eigenvalue weighted by atomic mass is 10.1. The summed E-state index contributed by atoms with van der Waals surface area (Å²) in [5, 5.41) is 9.43. The van der Waals surface area contributed by atoms with Gasteiger partial charge in [0.05, 0.1) is 0 Å². The molecule has 0 fully saturated rings.